The van der Waals surface area contributed by atoms with Gasteiger partial charge in [0.15, 0.2) is 0 Å². The zero-order valence-electron chi connectivity index (χ0n) is 7.87. The summed E-state index contributed by atoms with van der Waals surface area (Å²) in [5, 5.41) is 0. The molecule has 12 heavy (non-hydrogen) atoms. The summed E-state index contributed by atoms with van der Waals surface area (Å²) in [6, 6.07) is 0. The van der Waals surface area contributed by atoms with Gasteiger partial charge in [-0.3, -0.25) is 0 Å². The minimum absolute atomic E-state index is 0.957. The van der Waals surface area contributed by atoms with Gasteiger partial charge in [0.1, 0.15) is 0 Å². The Labute approximate surface area is 75.2 Å². The number of rotatable bonds is 5. The maximum absolute atomic E-state index is 3.72. The van der Waals surface area contributed by atoms with E-state index in [1.807, 2.05) is 6.08 Å². The van der Waals surface area contributed by atoms with Gasteiger partial charge in [-0.1, -0.05) is 19.4 Å². The molecule has 0 radical (unpaired) electrons. The van der Waals surface area contributed by atoms with Crippen LogP contribution in [-0.4, -0.2) is 29.6 Å². The molecule has 0 spiro atoms. The van der Waals surface area contributed by atoms with Crippen molar-refractivity contribution in [1.29, 1.82) is 0 Å². The third kappa shape index (κ3) is 2.61. The molecule has 2 nitrogen and oxygen atoms in total. The molecule has 1 rings (SSSR count). The second kappa shape index (κ2) is 4.86. The van der Waals surface area contributed by atoms with Crippen LogP contribution in [0.2, 0.25) is 0 Å². The van der Waals surface area contributed by atoms with E-state index >= 15 is 0 Å². The Morgan fingerprint density at radius 2 is 2.17 bits per heavy atom. The summed E-state index contributed by atoms with van der Waals surface area (Å²) in [5.74, 6) is 0. The molecule has 0 N–H and O–H groups in total. The summed E-state index contributed by atoms with van der Waals surface area (Å²) >= 11 is 0. The van der Waals surface area contributed by atoms with Crippen molar-refractivity contribution in [2.24, 2.45) is 0 Å². The maximum Gasteiger partial charge on any atom is 0.0896 e. The average Bonchev–Trinajstić information content (AvgIpc) is 2.50. The Kier molecular flexibility index (Phi) is 3.71. The first-order chi connectivity index (χ1) is 5.86. The maximum atomic E-state index is 3.72. The molecule has 0 saturated carbocycles. The average molecular weight is 166 g/mol. The fourth-order valence-electron chi connectivity index (χ4n) is 1.31. The van der Waals surface area contributed by atoms with Crippen LogP contribution >= 0.6 is 0 Å². The van der Waals surface area contributed by atoms with Crippen LogP contribution in [0.1, 0.15) is 19.8 Å². The summed E-state index contributed by atoms with van der Waals surface area (Å²) in [7, 11) is 0. The van der Waals surface area contributed by atoms with Gasteiger partial charge >= 0.3 is 0 Å². The summed E-state index contributed by atoms with van der Waals surface area (Å²) in [6.07, 6.45) is 8.79. The fraction of sp³-hybridized carbons (Fsp3) is 0.600. The van der Waals surface area contributed by atoms with E-state index in [-0.39, 0.29) is 0 Å². The molecule has 0 fully saturated rings. The van der Waals surface area contributed by atoms with Gasteiger partial charge in [0.2, 0.25) is 0 Å². The minimum Gasteiger partial charge on any atom is -0.359 e. The van der Waals surface area contributed by atoms with E-state index in [0.717, 1.165) is 13.2 Å². The lowest BCUT2D eigenvalue weighted by Gasteiger charge is -2.19. The van der Waals surface area contributed by atoms with Crippen molar-refractivity contribution >= 4 is 0 Å². The van der Waals surface area contributed by atoms with Crippen molar-refractivity contribution in [3.05, 3.63) is 25.1 Å². The number of unbranched alkanes of at least 4 members (excludes halogenated alkanes) is 1. The van der Waals surface area contributed by atoms with Crippen molar-refractivity contribution in [1.82, 2.24) is 9.80 Å². The van der Waals surface area contributed by atoms with Gasteiger partial charge in [-0.05, 0) is 6.42 Å². The smallest absolute Gasteiger partial charge is 0.0896 e. The van der Waals surface area contributed by atoms with E-state index in [1.165, 1.54) is 19.4 Å². The molecule has 2 heteroatoms. The Hall–Kier alpha value is -0.920. The van der Waals surface area contributed by atoms with Crippen LogP contribution in [0.3, 0.4) is 0 Å². The Balaban J connectivity index is 2.18. The summed E-state index contributed by atoms with van der Waals surface area (Å²) < 4.78 is 0. The molecule has 0 aromatic carbocycles. The molecule has 0 aliphatic carbocycles. The molecule has 0 aromatic rings. The molecule has 0 aromatic heterocycles. The quantitative estimate of drug-likeness (QED) is 0.576. The predicted molar refractivity (Wildman–Crippen MR) is 52.5 cm³/mol. The standard InChI is InChI=1S/C10H18N2/c1-3-5-7-12-9-8-11(10-12)6-4-2/h4,8-9H,2-3,5-7,10H2,1H3. The van der Waals surface area contributed by atoms with Crippen LogP contribution in [0.15, 0.2) is 25.1 Å². The van der Waals surface area contributed by atoms with Crippen molar-refractivity contribution in [3.8, 4) is 0 Å². The van der Waals surface area contributed by atoms with Crippen LogP contribution in [0.4, 0.5) is 0 Å². The van der Waals surface area contributed by atoms with Crippen LogP contribution < -0.4 is 0 Å². The predicted octanol–water partition coefficient (Wildman–Crippen LogP) is 2.02. The van der Waals surface area contributed by atoms with Crippen LogP contribution in [0, 0.1) is 0 Å². The SMILES string of the molecule is C=CCN1C=CN(CCCC)C1. The van der Waals surface area contributed by atoms with Crippen molar-refractivity contribution in [3.63, 3.8) is 0 Å². The topological polar surface area (TPSA) is 6.48 Å². The monoisotopic (exact) mass is 166 g/mol. The van der Waals surface area contributed by atoms with E-state index in [4.69, 9.17) is 0 Å². The number of hydrogen-bond acceptors (Lipinski definition) is 2. The normalized spacial score (nSPS) is 15.8. The molecular weight excluding hydrogens is 148 g/mol. The molecular formula is C10H18N2. The van der Waals surface area contributed by atoms with Crippen molar-refractivity contribution in [2.75, 3.05) is 19.8 Å². The van der Waals surface area contributed by atoms with Crippen LogP contribution in [0.25, 0.3) is 0 Å². The van der Waals surface area contributed by atoms with E-state index < -0.39 is 0 Å². The lowest BCUT2D eigenvalue weighted by molar-refractivity contribution is 0.278. The molecule has 1 aliphatic rings. The Bertz CT molecular complexity index is 163. The highest BCUT2D eigenvalue weighted by molar-refractivity contribution is 4.92. The largest absolute Gasteiger partial charge is 0.359 e. The first-order valence-corrected chi connectivity index (χ1v) is 4.64. The highest BCUT2D eigenvalue weighted by Crippen LogP contribution is 2.06. The van der Waals surface area contributed by atoms with Crippen molar-refractivity contribution < 1.29 is 0 Å². The van der Waals surface area contributed by atoms with Gasteiger partial charge in [-0.2, -0.15) is 0 Å². The highest BCUT2D eigenvalue weighted by atomic mass is 15.3. The molecule has 0 bridgehead atoms. The lowest BCUT2D eigenvalue weighted by Crippen LogP contribution is -2.25. The number of nitrogens with zero attached hydrogens (tertiary/aromatic N) is 2. The van der Waals surface area contributed by atoms with Crippen LogP contribution in [-0.2, 0) is 0 Å². The molecule has 0 atom stereocenters. The van der Waals surface area contributed by atoms with E-state index in [2.05, 4.69) is 35.7 Å². The molecule has 1 aliphatic heterocycles. The second-order valence-electron chi connectivity index (χ2n) is 3.17. The highest BCUT2D eigenvalue weighted by Gasteiger charge is 2.08. The molecule has 68 valence electrons. The van der Waals surface area contributed by atoms with Gasteiger partial charge in [-0.15, -0.1) is 6.58 Å². The third-order valence-electron chi connectivity index (χ3n) is 2.01. The van der Waals surface area contributed by atoms with Crippen molar-refractivity contribution in [2.45, 2.75) is 19.8 Å². The van der Waals surface area contributed by atoms with E-state index in [1.54, 1.807) is 0 Å². The summed E-state index contributed by atoms with van der Waals surface area (Å²) in [4.78, 5) is 4.59. The lowest BCUT2D eigenvalue weighted by atomic mass is 10.3. The Morgan fingerprint density at radius 3 is 2.83 bits per heavy atom. The summed E-state index contributed by atoms with van der Waals surface area (Å²) in [5.41, 5.74) is 0. The summed E-state index contributed by atoms with van der Waals surface area (Å²) in [6.45, 7) is 9.11. The van der Waals surface area contributed by atoms with E-state index in [0.29, 0.717) is 0 Å². The molecule has 0 unspecified atom stereocenters. The minimum atomic E-state index is 0.957. The molecule has 0 saturated heterocycles. The van der Waals surface area contributed by atoms with Gasteiger partial charge in [0.25, 0.3) is 0 Å². The second-order valence-corrected chi connectivity index (χ2v) is 3.17. The fourth-order valence-corrected chi connectivity index (χ4v) is 1.31. The van der Waals surface area contributed by atoms with Gasteiger partial charge in [0, 0.05) is 25.5 Å². The van der Waals surface area contributed by atoms with E-state index in [9.17, 15) is 0 Å². The number of hydrogen-bond donors (Lipinski definition) is 0. The third-order valence-corrected chi connectivity index (χ3v) is 2.01. The van der Waals surface area contributed by atoms with Gasteiger partial charge in [0.05, 0.1) is 6.67 Å². The molecule has 0 amide bonds. The van der Waals surface area contributed by atoms with Gasteiger partial charge < -0.3 is 9.80 Å². The Morgan fingerprint density at radius 1 is 1.42 bits per heavy atom. The first-order valence-electron chi connectivity index (χ1n) is 4.64. The first kappa shape index (κ1) is 9.17. The van der Waals surface area contributed by atoms with Gasteiger partial charge in [-0.25, -0.2) is 0 Å². The zero-order chi connectivity index (χ0) is 8.81. The molecule has 1 heterocycles. The van der Waals surface area contributed by atoms with Crippen LogP contribution in [0.5, 0.6) is 0 Å². The zero-order valence-corrected chi connectivity index (χ0v) is 7.87.